The number of amides is 1. The maximum Gasteiger partial charge on any atom is 0.332 e. The maximum absolute atomic E-state index is 12.1. The van der Waals surface area contributed by atoms with E-state index in [0.29, 0.717) is 0 Å². The van der Waals surface area contributed by atoms with Gasteiger partial charge < -0.3 is 14.7 Å². The number of carbonyl (C=O) groups is 2. The van der Waals surface area contributed by atoms with Gasteiger partial charge in [0.2, 0.25) is 0 Å². The fourth-order valence-electron chi connectivity index (χ4n) is 2.92. The molecule has 0 bridgehead atoms. The molecule has 0 aromatic rings. The van der Waals surface area contributed by atoms with Crippen LogP contribution in [0.25, 0.3) is 0 Å². The Balaban J connectivity index is 1.93. The van der Waals surface area contributed by atoms with Gasteiger partial charge in [0.1, 0.15) is 6.61 Å². The molecular formula is C13H22N2O4. The van der Waals surface area contributed by atoms with Crippen LogP contribution in [-0.4, -0.2) is 65.8 Å². The summed E-state index contributed by atoms with van der Waals surface area (Å²) in [5, 5.41) is 8.57. The highest BCUT2D eigenvalue weighted by Crippen LogP contribution is 2.23. The SMILES string of the molecule is O=C(CO)OCC(=O)N1CCCN2CCCCCC21. The van der Waals surface area contributed by atoms with E-state index in [9.17, 15) is 9.59 Å². The fraction of sp³-hybridized carbons (Fsp3) is 0.846. The molecule has 2 saturated heterocycles. The first kappa shape index (κ1) is 14.3. The van der Waals surface area contributed by atoms with Gasteiger partial charge >= 0.3 is 5.97 Å². The zero-order chi connectivity index (χ0) is 13.7. The van der Waals surface area contributed by atoms with Crippen LogP contribution in [0.5, 0.6) is 0 Å². The van der Waals surface area contributed by atoms with Crippen LogP contribution in [0.4, 0.5) is 0 Å². The summed E-state index contributed by atoms with van der Waals surface area (Å²) < 4.78 is 4.72. The van der Waals surface area contributed by atoms with E-state index in [1.165, 1.54) is 12.8 Å². The molecule has 2 fully saturated rings. The third-order valence-electron chi connectivity index (χ3n) is 3.84. The second-order valence-electron chi connectivity index (χ2n) is 5.13. The fourth-order valence-corrected chi connectivity index (χ4v) is 2.92. The lowest BCUT2D eigenvalue weighted by molar-refractivity contribution is -0.158. The van der Waals surface area contributed by atoms with Gasteiger partial charge in [-0.15, -0.1) is 0 Å². The molecule has 0 aliphatic carbocycles. The summed E-state index contributed by atoms with van der Waals surface area (Å²) in [5.41, 5.74) is 0. The van der Waals surface area contributed by atoms with Gasteiger partial charge in [0.25, 0.3) is 5.91 Å². The summed E-state index contributed by atoms with van der Waals surface area (Å²) in [6, 6.07) is 0. The normalized spacial score (nSPS) is 24.5. The van der Waals surface area contributed by atoms with Crippen molar-refractivity contribution in [3.63, 3.8) is 0 Å². The number of aliphatic hydroxyl groups excluding tert-OH is 1. The minimum atomic E-state index is -0.747. The molecule has 0 aromatic heterocycles. The molecule has 108 valence electrons. The number of aliphatic hydroxyl groups is 1. The van der Waals surface area contributed by atoms with Crippen LogP contribution < -0.4 is 0 Å². The van der Waals surface area contributed by atoms with Gasteiger partial charge in [-0.05, 0) is 25.7 Å². The van der Waals surface area contributed by atoms with Crippen molar-refractivity contribution in [3.05, 3.63) is 0 Å². The number of esters is 1. The summed E-state index contributed by atoms with van der Waals surface area (Å²) >= 11 is 0. The highest BCUT2D eigenvalue weighted by Gasteiger charge is 2.33. The summed E-state index contributed by atoms with van der Waals surface area (Å²) in [5.74, 6) is -0.901. The van der Waals surface area contributed by atoms with E-state index in [2.05, 4.69) is 4.90 Å². The molecular weight excluding hydrogens is 248 g/mol. The summed E-state index contributed by atoms with van der Waals surface area (Å²) in [6.45, 7) is 1.89. The van der Waals surface area contributed by atoms with E-state index in [4.69, 9.17) is 9.84 Å². The number of carbonyl (C=O) groups excluding carboxylic acids is 2. The predicted octanol–water partition coefficient (Wildman–Crippen LogP) is -0.0437. The van der Waals surface area contributed by atoms with Crippen molar-refractivity contribution in [2.24, 2.45) is 0 Å². The monoisotopic (exact) mass is 270 g/mol. The summed E-state index contributed by atoms with van der Waals surface area (Å²) in [4.78, 5) is 27.2. The van der Waals surface area contributed by atoms with Crippen molar-refractivity contribution >= 4 is 11.9 Å². The van der Waals surface area contributed by atoms with Gasteiger partial charge in [-0.3, -0.25) is 9.69 Å². The van der Waals surface area contributed by atoms with Gasteiger partial charge in [0, 0.05) is 19.6 Å². The molecule has 6 heteroatoms. The van der Waals surface area contributed by atoms with Crippen LogP contribution in [0.3, 0.4) is 0 Å². The molecule has 2 aliphatic rings. The number of ether oxygens (including phenoxy) is 1. The molecule has 0 aromatic carbocycles. The van der Waals surface area contributed by atoms with Crippen LogP contribution in [0.1, 0.15) is 32.1 Å². The maximum atomic E-state index is 12.1. The Morgan fingerprint density at radius 2 is 1.89 bits per heavy atom. The Labute approximate surface area is 113 Å². The van der Waals surface area contributed by atoms with E-state index in [1.54, 1.807) is 0 Å². The van der Waals surface area contributed by atoms with E-state index >= 15 is 0 Å². The Bertz CT molecular complexity index is 335. The Morgan fingerprint density at radius 1 is 1.11 bits per heavy atom. The lowest BCUT2D eigenvalue weighted by Gasteiger charge is -2.43. The molecule has 2 rings (SSSR count). The third kappa shape index (κ3) is 3.67. The first-order valence-corrected chi connectivity index (χ1v) is 7.02. The van der Waals surface area contributed by atoms with Crippen LogP contribution >= 0.6 is 0 Å². The average molecular weight is 270 g/mol. The number of hydrogen-bond acceptors (Lipinski definition) is 5. The Kier molecular flexibility index (Phi) is 5.15. The molecule has 0 spiro atoms. The smallest absolute Gasteiger partial charge is 0.332 e. The second-order valence-corrected chi connectivity index (χ2v) is 5.13. The first-order valence-electron chi connectivity index (χ1n) is 7.02. The van der Waals surface area contributed by atoms with E-state index < -0.39 is 12.6 Å². The van der Waals surface area contributed by atoms with Crippen molar-refractivity contribution in [2.75, 3.05) is 32.8 Å². The molecule has 1 atom stereocenters. The van der Waals surface area contributed by atoms with Crippen molar-refractivity contribution in [2.45, 2.75) is 38.3 Å². The molecule has 2 heterocycles. The number of hydrogen-bond donors (Lipinski definition) is 1. The molecule has 19 heavy (non-hydrogen) atoms. The molecule has 6 nitrogen and oxygen atoms in total. The van der Waals surface area contributed by atoms with E-state index in [1.807, 2.05) is 4.90 Å². The van der Waals surface area contributed by atoms with Gasteiger partial charge in [0.05, 0.1) is 6.17 Å². The lowest BCUT2D eigenvalue weighted by Crippen LogP contribution is -2.56. The molecule has 0 saturated carbocycles. The molecule has 1 amide bonds. The molecule has 1 unspecified atom stereocenters. The quantitative estimate of drug-likeness (QED) is 0.729. The van der Waals surface area contributed by atoms with Crippen molar-refractivity contribution in [3.8, 4) is 0 Å². The number of nitrogens with zero attached hydrogens (tertiary/aromatic N) is 2. The highest BCUT2D eigenvalue weighted by molar-refractivity contribution is 5.81. The Hall–Kier alpha value is -1.14. The third-order valence-corrected chi connectivity index (χ3v) is 3.84. The summed E-state index contributed by atoms with van der Waals surface area (Å²) in [7, 11) is 0. The van der Waals surface area contributed by atoms with E-state index in [0.717, 1.165) is 38.9 Å². The van der Waals surface area contributed by atoms with Gasteiger partial charge in [-0.25, -0.2) is 4.79 Å². The second kappa shape index (κ2) is 6.86. The lowest BCUT2D eigenvalue weighted by atomic mass is 10.1. The van der Waals surface area contributed by atoms with Gasteiger partial charge in [-0.2, -0.15) is 0 Å². The van der Waals surface area contributed by atoms with Crippen LogP contribution in [0.15, 0.2) is 0 Å². The number of rotatable bonds is 3. The molecule has 1 N–H and O–H groups in total. The van der Waals surface area contributed by atoms with Crippen LogP contribution in [-0.2, 0) is 14.3 Å². The number of fused-ring (bicyclic) bond motifs is 1. The average Bonchev–Trinajstić information content (AvgIpc) is 2.69. The van der Waals surface area contributed by atoms with Crippen LogP contribution in [0, 0.1) is 0 Å². The van der Waals surface area contributed by atoms with Crippen molar-refractivity contribution in [1.82, 2.24) is 9.80 Å². The zero-order valence-corrected chi connectivity index (χ0v) is 11.2. The summed E-state index contributed by atoms with van der Waals surface area (Å²) in [6.07, 6.45) is 5.68. The Morgan fingerprint density at radius 3 is 2.68 bits per heavy atom. The minimum Gasteiger partial charge on any atom is -0.454 e. The van der Waals surface area contributed by atoms with E-state index in [-0.39, 0.29) is 18.7 Å². The van der Waals surface area contributed by atoms with Gasteiger partial charge in [0.15, 0.2) is 6.61 Å². The first-order chi connectivity index (χ1) is 9.22. The largest absolute Gasteiger partial charge is 0.454 e. The minimum absolute atomic E-state index is 0.154. The van der Waals surface area contributed by atoms with Crippen molar-refractivity contribution < 1.29 is 19.4 Å². The van der Waals surface area contributed by atoms with Gasteiger partial charge in [-0.1, -0.05) is 6.42 Å². The molecule has 0 radical (unpaired) electrons. The topological polar surface area (TPSA) is 70.1 Å². The van der Waals surface area contributed by atoms with Crippen LogP contribution in [0.2, 0.25) is 0 Å². The predicted molar refractivity (Wildman–Crippen MR) is 68.2 cm³/mol. The molecule has 2 aliphatic heterocycles. The van der Waals surface area contributed by atoms with Crippen molar-refractivity contribution in [1.29, 1.82) is 0 Å². The highest BCUT2D eigenvalue weighted by atomic mass is 16.5. The standard InChI is InChI=1S/C13H22N2O4/c16-9-13(18)19-10-12(17)15-8-4-7-14-6-3-1-2-5-11(14)15/h11,16H,1-10H2. The zero-order valence-electron chi connectivity index (χ0n) is 11.2.